The lowest BCUT2D eigenvalue weighted by Crippen LogP contribution is -2.36. The zero-order chi connectivity index (χ0) is 30.1. The number of hydrogen-bond donors (Lipinski definition) is 0. The van der Waals surface area contributed by atoms with Crippen LogP contribution in [0.2, 0.25) is 0 Å². The zero-order valence-corrected chi connectivity index (χ0v) is 26.1. The normalized spacial score (nSPS) is 18.1. The summed E-state index contributed by atoms with van der Waals surface area (Å²) in [6, 6.07) is 10.5. The maximum absolute atomic E-state index is 15.5. The van der Waals surface area contributed by atoms with Gasteiger partial charge in [0.05, 0.1) is 21.8 Å². The highest BCUT2D eigenvalue weighted by atomic mass is 32.1. The second-order valence-electron chi connectivity index (χ2n) is 12.8. The van der Waals surface area contributed by atoms with E-state index < -0.39 is 11.4 Å². The quantitative estimate of drug-likeness (QED) is 0.152. The number of ketones is 1. The van der Waals surface area contributed by atoms with Gasteiger partial charge in [0, 0.05) is 18.5 Å². The van der Waals surface area contributed by atoms with Crippen molar-refractivity contribution in [3.05, 3.63) is 53.3 Å². The fourth-order valence-corrected chi connectivity index (χ4v) is 7.20. The summed E-state index contributed by atoms with van der Waals surface area (Å²) in [5.41, 5.74) is 2.01. The van der Waals surface area contributed by atoms with Gasteiger partial charge in [-0.05, 0) is 115 Å². The number of nitrogens with zero attached hydrogens (tertiary/aromatic N) is 5. The first-order chi connectivity index (χ1) is 20.7. The van der Waals surface area contributed by atoms with E-state index in [-0.39, 0.29) is 17.9 Å². The van der Waals surface area contributed by atoms with Gasteiger partial charge in [0.15, 0.2) is 11.6 Å². The number of aromatic nitrogens is 3. The van der Waals surface area contributed by atoms with E-state index in [0.717, 1.165) is 48.0 Å². The second kappa shape index (κ2) is 12.3. The molecule has 228 valence electrons. The van der Waals surface area contributed by atoms with Crippen LogP contribution in [-0.2, 0) is 4.74 Å². The number of halogens is 1. The molecule has 8 nitrogen and oxygen atoms in total. The van der Waals surface area contributed by atoms with Crippen molar-refractivity contribution in [2.45, 2.75) is 83.8 Å². The standard InChI is InChI=1S/C33H40FN5O3S/c1-33(2,3)42-32(41)38-19-9-10-26(38)22-12-14-24(25(34)20-22)30-35-31-39(36-30)27-15-13-23(21-29(27)43-31)28(40)11-5-8-18-37-16-6-4-7-17-37/h12-15,20-21,26H,4-11,16-19H2,1-3H3/t26-/m1/s1. The van der Waals surface area contributed by atoms with Crippen molar-refractivity contribution in [2.75, 3.05) is 26.2 Å². The Kier molecular flexibility index (Phi) is 8.51. The highest BCUT2D eigenvalue weighted by Crippen LogP contribution is 2.36. The fraction of sp³-hybridized carbons (Fsp3) is 0.515. The van der Waals surface area contributed by atoms with Crippen LogP contribution >= 0.6 is 11.3 Å². The molecule has 10 heteroatoms. The van der Waals surface area contributed by atoms with E-state index >= 15 is 4.39 Å². The summed E-state index contributed by atoms with van der Waals surface area (Å²) >= 11 is 1.44. The van der Waals surface area contributed by atoms with Crippen LogP contribution in [0, 0.1) is 5.82 Å². The number of carbonyl (C=O) groups is 2. The van der Waals surface area contributed by atoms with Crippen molar-refractivity contribution < 1.29 is 18.7 Å². The van der Waals surface area contributed by atoms with Crippen LogP contribution in [0.25, 0.3) is 26.6 Å². The number of thiazole rings is 1. The number of unbranched alkanes of at least 4 members (excludes halogenated alkanes) is 1. The topological polar surface area (TPSA) is 80.0 Å². The monoisotopic (exact) mass is 605 g/mol. The smallest absolute Gasteiger partial charge is 0.410 e. The molecular weight excluding hydrogens is 565 g/mol. The Hall–Kier alpha value is -3.37. The van der Waals surface area contributed by atoms with Gasteiger partial charge in [-0.15, -0.1) is 5.10 Å². The summed E-state index contributed by atoms with van der Waals surface area (Å²) in [4.78, 5) is 35.1. The van der Waals surface area contributed by atoms with Crippen LogP contribution in [0.5, 0.6) is 0 Å². The number of benzene rings is 2. The largest absolute Gasteiger partial charge is 0.444 e. The molecule has 0 radical (unpaired) electrons. The van der Waals surface area contributed by atoms with E-state index in [0.29, 0.717) is 34.9 Å². The van der Waals surface area contributed by atoms with E-state index in [1.165, 1.54) is 49.8 Å². The second-order valence-corrected chi connectivity index (χ2v) is 13.8. The molecule has 2 saturated heterocycles. The van der Waals surface area contributed by atoms with Crippen molar-refractivity contribution in [1.29, 1.82) is 0 Å². The van der Waals surface area contributed by atoms with Gasteiger partial charge < -0.3 is 14.5 Å². The molecule has 0 N–H and O–H groups in total. The number of likely N-dealkylation sites (tertiary alicyclic amines) is 2. The molecule has 4 aromatic rings. The third kappa shape index (κ3) is 6.60. The average Bonchev–Trinajstić information content (AvgIpc) is 3.70. The number of rotatable bonds is 8. The van der Waals surface area contributed by atoms with Crippen molar-refractivity contribution in [2.24, 2.45) is 0 Å². The molecule has 4 heterocycles. The molecule has 0 unspecified atom stereocenters. The predicted octanol–water partition coefficient (Wildman–Crippen LogP) is 7.66. The van der Waals surface area contributed by atoms with Crippen molar-refractivity contribution in [3.8, 4) is 11.4 Å². The van der Waals surface area contributed by atoms with Gasteiger partial charge in [-0.1, -0.05) is 23.8 Å². The van der Waals surface area contributed by atoms with Gasteiger partial charge in [-0.2, -0.15) is 4.98 Å². The molecule has 43 heavy (non-hydrogen) atoms. The van der Waals surface area contributed by atoms with E-state index in [4.69, 9.17) is 4.74 Å². The van der Waals surface area contributed by atoms with Crippen LogP contribution < -0.4 is 0 Å². The summed E-state index contributed by atoms with van der Waals surface area (Å²) in [5.74, 6) is 0.0423. The molecular formula is C33H40FN5O3S. The molecule has 2 aromatic carbocycles. The summed E-state index contributed by atoms with van der Waals surface area (Å²) in [6.45, 7) is 9.56. The molecule has 2 aromatic heterocycles. The predicted molar refractivity (Wildman–Crippen MR) is 167 cm³/mol. The van der Waals surface area contributed by atoms with E-state index in [9.17, 15) is 9.59 Å². The Morgan fingerprint density at radius 3 is 2.60 bits per heavy atom. The third-order valence-electron chi connectivity index (χ3n) is 8.37. The number of piperidine rings is 1. The lowest BCUT2D eigenvalue weighted by Gasteiger charge is -2.29. The molecule has 0 bridgehead atoms. The average molecular weight is 606 g/mol. The van der Waals surface area contributed by atoms with Crippen LogP contribution in [0.3, 0.4) is 0 Å². The van der Waals surface area contributed by atoms with Gasteiger partial charge in [-0.3, -0.25) is 4.79 Å². The molecule has 1 atom stereocenters. The van der Waals surface area contributed by atoms with Gasteiger partial charge in [0.2, 0.25) is 4.96 Å². The Morgan fingerprint density at radius 2 is 1.84 bits per heavy atom. The minimum Gasteiger partial charge on any atom is -0.444 e. The van der Waals surface area contributed by atoms with Gasteiger partial charge >= 0.3 is 6.09 Å². The molecule has 0 saturated carbocycles. The first-order valence-corrected chi connectivity index (χ1v) is 16.3. The zero-order valence-electron chi connectivity index (χ0n) is 25.3. The van der Waals surface area contributed by atoms with Gasteiger partial charge in [0.1, 0.15) is 11.4 Å². The lowest BCUT2D eigenvalue weighted by atomic mass is 10.0. The minimum atomic E-state index is -0.591. The summed E-state index contributed by atoms with van der Waals surface area (Å²) < 4.78 is 23.7. The number of amides is 1. The number of hydrogen-bond acceptors (Lipinski definition) is 7. The highest BCUT2D eigenvalue weighted by Gasteiger charge is 2.33. The number of carbonyl (C=O) groups excluding carboxylic acids is 2. The van der Waals surface area contributed by atoms with E-state index in [1.807, 2.05) is 45.0 Å². The maximum atomic E-state index is 15.5. The lowest BCUT2D eigenvalue weighted by molar-refractivity contribution is 0.0224. The van der Waals surface area contributed by atoms with Crippen LogP contribution in [0.15, 0.2) is 36.4 Å². The Balaban J connectivity index is 1.13. The number of ether oxygens (including phenoxy) is 1. The van der Waals surface area contributed by atoms with Gasteiger partial charge in [0.25, 0.3) is 0 Å². The van der Waals surface area contributed by atoms with Crippen molar-refractivity contribution in [3.63, 3.8) is 0 Å². The summed E-state index contributed by atoms with van der Waals surface area (Å²) in [6.07, 6.45) is 7.63. The summed E-state index contributed by atoms with van der Waals surface area (Å²) in [7, 11) is 0. The van der Waals surface area contributed by atoms with E-state index in [2.05, 4.69) is 15.0 Å². The van der Waals surface area contributed by atoms with E-state index in [1.54, 1.807) is 15.5 Å². The van der Waals surface area contributed by atoms with Crippen LogP contribution in [-0.4, -0.2) is 68.1 Å². The molecule has 0 aliphatic carbocycles. The van der Waals surface area contributed by atoms with Crippen LogP contribution in [0.1, 0.15) is 94.1 Å². The van der Waals surface area contributed by atoms with Crippen LogP contribution in [0.4, 0.5) is 9.18 Å². The first kappa shape index (κ1) is 29.7. The maximum Gasteiger partial charge on any atom is 0.410 e. The fourth-order valence-electron chi connectivity index (χ4n) is 6.20. The molecule has 6 rings (SSSR count). The SMILES string of the molecule is CC(C)(C)OC(=O)N1CCC[C@@H]1c1ccc(-c2nc3sc4cc(C(=O)CCCCN5CCCCC5)ccc4n3n2)c(F)c1. The van der Waals surface area contributed by atoms with Gasteiger partial charge in [-0.25, -0.2) is 13.7 Å². The van der Waals surface area contributed by atoms with Crippen molar-refractivity contribution in [1.82, 2.24) is 24.4 Å². The first-order valence-electron chi connectivity index (χ1n) is 15.5. The summed E-state index contributed by atoms with van der Waals surface area (Å²) in [5, 5.41) is 4.62. The molecule has 2 aliphatic rings. The minimum absolute atomic E-state index is 0.162. The third-order valence-corrected chi connectivity index (χ3v) is 9.36. The molecule has 2 fully saturated rings. The molecule has 0 spiro atoms. The van der Waals surface area contributed by atoms with Crippen molar-refractivity contribution >= 4 is 38.4 Å². The molecule has 1 amide bonds. The highest BCUT2D eigenvalue weighted by molar-refractivity contribution is 7.23. The number of Topliss-reactive ketones (excluding diaryl/α,β-unsaturated/α-hetero) is 1. The Labute approximate surface area is 255 Å². The molecule has 2 aliphatic heterocycles. The Morgan fingerprint density at radius 1 is 1.02 bits per heavy atom. The number of fused-ring (bicyclic) bond motifs is 3. The Bertz CT molecular complexity index is 1630.